The van der Waals surface area contributed by atoms with Crippen LogP contribution in [-0.4, -0.2) is 50.1 Å². The number of rotatable bonds is 4. The van der Waals surface area contributed by atoms with E-state index in [1.165, 1.54) is 6.33 Å². The van der Waals surface area contributed by atoms with E-state index in [0.717, 1.165) is 16.6 Å². The lowest BCUT2D eigenvalue weighted by Gasteiger charge is -2.40. The molecule has 8 nitrogen and oxygen atoms in total. The zero-order valence-corrected chi connectivity index (χ0v) is 15.9. The van der Waals surface area contributed by atoms with Crippen LogP contribution in [0, 0.1) is 0 Å². The number of fused-ring (bicyclic) bond motifs is 1. The average molecular weight is 394 g/mol. The molecule has 0 spiro atoms. The Labute approximate surface area is 163 Å². The van der Waals surface area contributed by atoms with Gasteiger partial charge in [-0.3, -0.25) is 9.31 Å². The number of nitrogens with zero attached hydrogens (tertiary/aromatic N) is 5. The van der Waals surface area contributed by atoms with Gasteiger partial charge in [0.05, 0.1) is 33.2 Å². The zero-order valence-electron chi connectivity index (χ0n) is 15.1. The van der Waals surface area contributed by atoms with Gasteiger partial charge in [-0.2, -0.15) is 10.2 Å². The fraction of sp³-hybridized carbons (Fsp3) is 0.263. The third-order valence-corrected chi connectivity index (χ3v) is 6.66. The lowest BCUT2D eigenvalue weighted by Crippen LogP contribution is -2.46. The van der Waals surface area contributed by atoms with Crippen LogP contribution in [0.15, 0.2) is 53.9 Å². The van der Waals surface area contributed by atoms with Crippen molar-refractivity contribution >= 4 is 21.8 Å². The molecule has 1 fully saturated rings. The number of aromatic amines is 1. The van der Waals surface area contributed by atoms with Crippen molar-refractivity contribution in [1.29, 1.82) is 0 Å². The van der Waals surface area contributed by atoms with E-state index in [0.29, 0.717) is 29.2 Å². The fourth-order valence-corrected chi connectivity index (χ4v) is 5.40. The molecule has 4 aromatic rings. The maximum absolute atomic E-state index is 12.7. The molecule has 9 heteroatoms. The molecule has 5 rings (SSSR count). The van der Waals surface area contributed by atoms with Gasteiger partial charge < -0.3 is 5.11 Å². The molecule has 0 unspecified atom stereocenters. The van der Waals surface area contributed by atoms with Crippen molar-refractivity contribution in [2.45, 2.75) is 35.5 Å². The summed E-state index contributed by atoms with van der Waals surface area (Å²) in [6, 6.07) is 9.63. The number of pyridine rings is 1. The maximum atomic E-state index is 12.7. The van der Waals surface area contributed by atoms with Crippen LogP contribution in [0.3, 0.4) is 0 Å². The Hall–Kier alpha value is -2.91. The summed E-state index contributed by atoms with van der Waals surface area (Å²) in [6.45, 7) is 1.78. The van der Waals surface area contributed by atoms with Gasteiger partial charge in [0, 0.05) is 22.4 Å². The third kappa shape index (κ3) is 2.92. The van der Waals surface area contributed by atoms with Crippen molar-refractivity contribution in [3.63, 3.8) is 0 Å². The number of nitrogens with one attached hydrogen (secondary N) is 1. The van der Waals surface area contributed by atoms with Crippen molar-refractivity contribution in [1.82, 2.24) is 29.9 Å². The monoisotopic (exact) mass is 394 g/mol. The Morgan fingerprint density at radius 2 is 2.11 bits per heavy atom. The normalized spacial score (nSPS) is 22.9. The molecule has 1 atom stereocenters. The molecule has 1 aliphatic carbocycles. The summed E-state index contributed by atoms with van der Waals surface area (Å²) in [5.41, 5.74) is 1.74. The lowest BCUT2D eigenvalue weighted by atomic mass is 9.82. The molecule has 0 aliphatic heterocycles. The first-order valence-electron chi connectivity index (χ1n) is 8.93. The Morgan fingerprint density at radius 3 is 2.86 bits per heavy atom. The van der Waals surface area contributed by atoms with Gasteiger partial charge in [0.2, 0.25) is 0 Å². The Balaban J connectivity index is 1.48. The average Bonchev–Trinajstić information content (AvgIpc) is 3.35. The van der Waals surface area contributed by atoms with Crippen molar-refractivity contribution in [2.75, 3.05) is 0 Å². The van der Waals surface area contributed by atoms with Crippen LogP contribution >= 0.6 is 0 Å². The molecule has 142 valence electrons. The quantitative estimate of drug-likeness (QED) is 0.549. The maximum Gasteiger partial charge on any atom is 0.162 e. The smallest absolute Gasteiger partial charge is 0.162 e. The van der Waals surface area contributed by atoms with Gasteiger partial charge in [0.15, 0.2) is 11.5 Å². The van der Waals surface area contributed by atoms with E-state index in [2.05, 4.69) is 25.3 Å². The molecule has 0 saturated heterocycles. The zero-order chi connectivity index (χ0) is 19.3. The molecular formula is C19H18N6O2S. The number of benzene rings is 1. The minimum atomic E-state index is -1.18. The molecule has 28 heavy (non-hydrogen) atoms. The minimum Gasteiger partial charge on any atom is -0.390 e. The van der Waals surface area contributed by atoms with Crippen molar-refractivity contribution in [3.05, 3.63) is 49.1 Å². The van der Waals surface area contributed by atoms with Crippen molar-refractivity contribution in [3.8, 4) is 17.1 Å². The molecule has 0 bridgehead atoms. The number of aromatic nitrogens is 6. The third-order valence-electron chi connectivity index (χ3n) is 5.03. The van der Waals surface area contributed by atoms with Gasteiger partial charge >= 0.3 is 0 Å². The molecular weight excluding hydrogens is 376 g/mol. The second-order valence-corrected chi connectivity index (χ2v) is 9.08. The Morgan fingerprint density at radius 1 is 1.25 bits per heavy atom. The summed E-state index contributed by atoms with van der Waals surface area (Å²) in [7, 11) is -1.18. The van der Waals surface area contributed by atoms with Crippen molar-refractivity contribution in [2.24, 2.45) is 0 Å². The number of hydrogen-bond donors (Lipinski definition) is 2. The highest BCUT2D eigenvalue weighted by atomic mass is 32.2. The molecule has 1 aromatic carbocycles. The molecule has 0 radical (unpaired) electrons. The lowest BCUT2D eigenvalue weighted by molar-refractivity contribution is -0.0106. The first-order valence-corrected chi connectivity index (χ1v) is 10.1. The van der Waals surface area contributed by atoms with E-state index in [4.69, 9.17) is 0 Å². The van der Waals surface area contributed by atoms with Gasteiger partial charge in [-0.15, -0.1) is 0 Å². The number of H-pyrrole nitrogens is 1. The molecule has 3 heterocycles. The van der Waals surface area contributed by atoms with E-state index in [-0.39, 0.29) is 5.25 Å². The molecule has 3 aromatic heterocycles. The van der Waals surface area contributed by atoms with Gasteiger partial charge in [0.25, 0.3) is 0 Å². The van der Waals surface area contributed by atoms with Crippen LogP contribution < -0.4 is 0 Å². The van der Waals surface area contributed by atoms with Crippen LogP contribution in [0.2, 0.25) is 0 Å². The van der Waals surface area contributed by atoms with Crippen LogP contribution in [0.1, 0.15) is 19.8 Å². The minimum absolute atomic E-state index is 0.0251. The fourth-order valence-electron chi connectivity index (χ4n) is 3.59. The molecule has 1 saturated carbocycles. The summed E-state index contributed by atoms with van der Waals surface area (Å²) < 4.78 is 14.5. The van der Waals surface area contributed by atoms with E-state index in [1.54, 1.807) is 24.0 Å². The summed E-state index contributed by atoms with van der Waals surface area (Å²) in [5.74, 6) is 0.681. The van der Waals surface area contributed by atoms with E-state index < -0.39 is 16.4 Å². The summed E-state index contributed by atoms with van der Waals surface area (Å²) in [5, 5.41) is 21.9. The molecule has 0 amide bonds. The predicted molar refractivity (Wildman–Crippen MR) is 104 cm³/mol. The summed E-state index contributed by atoms with van der Waals surface area (Å²) >= 11 is 0. The van der Waals surface area contributed by atoms with E-state index >= 15 is 0 Å². The second kappa shape index (κ2) is 6.32. The van der Waals surface area contributed by atoms with Gasteiger partial charge in [0.1, 0.15) is 6.33 Å². The standard InChI is InChI=1S/C19H18N6O2S/c1-19(26)7-16(8-19)28(27)15-6-13-9-23-25(18(13)20-10-15)14-4-2-3-12(5-14)17-21-11-22-24-17/h2-6,9-11,16,26H,7-8H2,1H3,(H,21,22,24)/t16?,19?,28-/m0/s1. The van der Waals surface area contributed by atoms with Crippen LogP contribution in [0.5, 0.6) is 0 Å². The SMILES string of the molecule is CC1(O)CC([S@@](=O)c2cnc3c(cnn3-c3cccc(-c4ncn[nH]4)c3)c2)C1. The Bertz CT molecular complexity index is 1180. The first kappa shape index (κ1) is 17.2. The largest absolute Gasteiger partial charge is 0.390 e. The van der Waals surface area contributed by atoms with Crippen LogP contribution in [0.25, 0.3) is 28.1 Å². The van der Waals surface area contributed by atoms with Crippen LogP contribution in [0.4, 0.5) is 0 Å². The van der Waals surface area contributed by atoms with Crippen molar-refractivity contribution < 1.29 is 9.32 Å². The van der Waals surface area contributed by atoms with Gasteiger partial charge in [-0.1, -0.05) is 12.1 Å². The van der Waals surface area contributed by atoms with E-state index in [1.807, 2.05) is 30.3 Å². The summed E-state index contributed by atoms with van der Waals surface area (Å²) in [6.07, 6.45) is 5.93. The summed E-state index contributed by atoms with van der Waals surface area (Å²) in [4.78, 5) is 9.37. The number of hydrogen-bond acceptors (Lipinski definition) is 6. The van der Waals surface area contributed by atoms with Gasteiger partial charge in [-0.05, 0) is 38.0 Å². The highest BCUT2D eigenvalue weighted by Crippen LogP contribution is 2.37. The highest BCUT2D eigenvalue weighted by Gasteiger charge is 2.42. The predicted octanol–water partition coefficient (Wildman–Crippen LogP) is 2.23. The first-order chi connectivity index (χ1) is 13.5. The van der Waals surface area contributed by atoms with Crippen LogP contribution in [-0.2, 0) is 10.8 Å². The van der Waals surface area contributed by atoms with Gasteiger partial charge in [-0.25, -0.2) is 14.6 Å². The highest BCUT2D eigenvalue weighted by molar-refractivity contribution is 7.85. The number of aliphatic hydroxyl groups is 1. The van der Waals surface area contributed by atoms with E-state index in [9.17, 15) is 9.32 Å². The second-order valence-electron chi connectivity index (χ2n) is 7.35. The molecule has 1 aliphatic rings. The topological polar surface area (TPSA) is 110 Å². The molecule has 2 N–H and O–H groups in total. The Kier molecular flexibility index (Phi) is 3.88.